The lowest BCUT2D eigenvalue weighted by Crippen LogP contribution is -2.48. The first-order valence-corrected chi connectivity index (χ1v) is 9.02. The van der Waals surface area contributed by atoms with E-state index in [0.29, 0.717) is 5.92 Å². The summed E-state index contributed by atoms with van der Waals surface area (Å²) in [5.74, 6) is 0.700. The van der Waals surface area contributed by atoms with Crippen LogP contribution in [0.4, 0.5) is 5.13 Å². The smallest absolute Gasteiger partial charge is 0.186 e. The van der Waals surface area contributed by atoms with Gasteiger partial charge < -0.3 is 9.47 Å². The fraction of sp³-hybridized carbons (Fsp3) is 0.333. The molecule has 4 nitrogen and oxygen atoms in total. The van der Waals surface area contributed by atoms with Crippen LogP contribution in [0.5, 0.6) is 0 Å². The standard InChI is InChI=1S/C15H16N4S2/c1-20-12-3-2-4-13-14(12)17-15(21-13)19-8-11(9-19)7-18-6-5-16-10-18/h2-6,10-11H,7-9H2,1H3. The van der Waals surface area contributed by atoms with Gasteiger partial charge in [0.05, 0.1) is 16.5 Å². The van der Waals surface area contributed by atoms with Gasteiger partial charge >= 0.3 is 0 Å². The lowest BCUT2D eigenvalue weighted by Gasteiger charge is -2.39. The van der Waals surface area contributed by atoms with Crippen LogP contribution in [0.15, 0.2) is 41.8 Å². The number of imidazole rings is 1. The maximum absolute atomic E-state index is 4.84. The molecule has 0 aliphatic carbocycles. The van der Waals surface area contributed by atoms with Crippen LogP contribution in [0.3, 0.4) is 0 Å². The predicted octanol–water partition coefficient (Wildman–Crippen LogP) is 3.35. The fourth-order valence-corrected chi connectivity index (χ4v) is 4.38. The van der Waals surface area contributed by atoms with Crippen molar-refractivity contribution in [1.29, 1.82) is 0 Å². The van der Waals surface area contributed by atoms with E-state index in [9.17, 15) is 0 Å². The maximum Gasteiger partial charge on any atom is 0.186 e. The highest BCUT2D eigenvalue weighted by Crippen LogP contribution is 2.36. The van der Waals surface area contributed by atoms with Crippen LogP contribution in [0.25, 0.3) is 10.2 Å². The predicted molar refractivity (Wildman–Crippen MR) is 89.3 cm³/mol. The number of aromatic nitrogens is 3. The molecule has 21 heavy (non-hydrogen) atoms. The van der Waals surface area contributed by atoms with Crippen molar-refractivity contribution in [3.63, 3.8) is 0 Å². The molecule has 3 aromatic rings. The second kappa shape index (κ2) is 5.35. The van der Waals surface area contributed by atoms with E-state index >= 15 is 0 Å². The number of thiazole rings is 1. The molecule has 4 rings (SSSR count). The summed E-state index contributed by atoms with van der Waals surface area (Å²) >= 11 is 3.57. The lowest BCUT2D eigenvalue weighted by atomic mass is 10.0. The first-order chi connectivity index (χ1) is 10.3. The molecule has 1 aliphatic heterocycles. The van der Waals surface area contributed by atoms with Gasteiger partial charge in [0.2, 0.25) is 0 Å². The molecule has 2 aromatic heterocycles. The minimum Gasteiger partial charge on any atom is -0.347 e. The average Bonchev–Trinajstić information content (AvgIpc) is 3.10. The van der Waals surface area contributed by atoms with Crippen LogP contribution >= 0.6 is 23.1 Å². The molecule has 0 bridgehead atoms. The largest absolute Gasteiger partial charge is 0.347 e. The number of nitrogens with zero attached hydrogens (tertiary/aromatic N) is 4. The van der Waals surface area contributed by atoms with Crippen molar-refractivity contribution in [1.82, 2.24) is 14.5 Å². The molecule has 0 amide bonds. The molecule has 1 saturated heterocycles. The number of hydrogen-bond donors (Lipinski definition) is 0. The average molecular weight is 316 g/mol. The van der Waals surface area contributed by atoms with E-state index in [1.807, 2.05) is 18.7 Å². The summed E-state index contributed by atoms with van der Waals surface area (Å²) in [4.78, 5) is 12.6. The summed E-state index contributed by atoms with van der Waals surface area (Å²) in [5, 5.41) is 1.16. The highest BCUT2D eigenvalue weighted by molar-refractivity contribution is 7.98. The van der Waals surface area contributed by atoms with E-state index < -0.39 is 0 Å². The van der Waals surface area contributed by atoms with E-state index in [2.05, 4.69) is 38.9 Å². The van der Waals surface area contributed by atoms with Gasteiger partial charge in [-0.1, -0.05) is 17.4 Å². The van der Waals surface area contributed by atoms with E-state index in [0.717, 1.165) is 30.3 Å². The number of para-hydroxylation sites is 1. The Morgan fingerprint density at radius 1 is 1.38 bits per heavy atom. The minimum atomic E-state index is 0.700. The Morgan fingerprint density at radius 2 is 2.29 bits per heavy atom. The molecule has 0 saturated carbocycles. The third kappa shape index (κ3) is 2.42. The van der Waals surface area contributed by atoms with Gasteiger partial charge in [0.25, 0.3) is 0 Å². The molecular formula is C15H16N4S2. The zero-order valence-corrected chi connectivity index (χ0v) is 13.4. The zero-order chi connectivity index (χ0) is 14.2. The highest BCUT2D eigenvalue weighted by Gasteiger charge is 2.29. The third-order valence-corrected chi connectivity index (χ3v) is 5.70. The van der Waals surface area contributed by atoms with Crippen LogP contribution in [0.2, 0.25) is 0 Å². The monoisotopic (exact) mass is 316 g/mol. The number of anilines is 1. The summed E-state index contributed by atoms with van der Waals surface area (Å²) in [7, 11) is 0. The van der Waals surface area contributed by atoms with E-state index in [4.69, 9.17) is 4.98 Å². The topological polar surface area (TPSA) is 34.0 Å². The molecule has 0 atom stereocenters. The molecule has 6 heteroatoms. The van der Waals surface area contributed by atoms with Crippen molar-refractivity contribution in [2.24, 2.45) is 5.92 Å². The van der Waals surface area contributed by atoms with Gasteiger partial charge in [0.15, 0.2) is 5.13 Å². The normalized spacial score (nSPS) is 15.6. The van der Waals surface area contributed by atoms with Gasteiger partial charge in [-0.25, -0.2) is 9.97 Å². The Labute approximate surface area is 131 Å². The van der Waals surface area contributed by atoms with Gasteiger partial charge in [-0.05, 0) is 18.4 Å². The number of rotatable bonds is 4. The molecule has 1 aliphatic rings. The second-order valence-electron chi connectivity index (χ2n) is 5.33. The maximum atomic E-state index is 4.84. The molecule has 0 unspecified atom stereocenters. The van der Waals surface area contributed by atoms with Crippen molar-refractivity contribution in [2.75, 3.05) is 24.2 Å². The van der Waals surface area contributed by atoms with Gasteiger partial charge in [-0.15, -0.1) is 11.8 Å². The molecular weight excluding hydrogens is 300 g/mol. The number of benzene rings is 1. The third-order valence-electron chi connectivity index (χ3n) is 3.85. The Morgan fingerprint density at radius 3 is 3.05 bits per heavy atom. The number of hydrogen-bond acceptors (Lipinski definition) is 5. The first-order valence-electron chi connectivity index (χ1n) is 6.98. The molecule has 108 valence electrons. The van der Waals surface area contributed by atoms with Gasteiger partial charge in [-0.3, -0.25) is 0 Å². The quantitative estimate of drug-likeness (QED) is 0.691. The molecule has 1 aromatic carbocycles. The van der Waals surface area contributed by atoms with E-state index in [1.165, 1.54) is 9.60 Å². The Kier molecular flexibility index (Phi) is 3.35. The summed E-state index contributed by atoms with van der Waals surface area (Å²) in [5.41, 5.74) is 1.16. The van der Waals surface area contributed by atoms with E-state index in [1.54, 1.807) is 23.1 Å². The van der Waals surface area contributed by atoms with Crippen LogP contribution in [0.1, 0.15) is 0 Å². The minimum absolute atomic E-state index is 0.700. The van der Waals surface area contributed by atoms with Gasteiger partial charge in [0, 0.05) is 42.8 Å². The van der Waals surface area contributed by atoms with Crippen molar-refractivity contribution < 1.29 is 0 Å². The van der Waals surface area contributed by atoms with Crippen LogP contribution < -0.4 is 4.90 Å². The van der Waals surface area contributed by atoms with E-state index in [-0.39, 0.29) is 0 Å². The summed E-state index contributed by atoms with van der Waals surface area (Å²) in [6.07, 6.45) is 7.88. The zero-order valence-electron chi connectivity index (χ0n) is 11.8. The molecule has 0 spiro atoms. The molecule has 1 fully saturated rings. The molecule has 0 N–H and O–H groups in total. The van der Waals surface area contributed by atoms with Crippen molar-refractivity contribution >= 4 is 38.4 Å². The van der Waals surface area contributed by atoms with Crippen LogP contribution in [-0.2, 0) is 6.54 Å². The molecule has 0 radical (unpaired) electrons. The van der Waals surface area contributed by atoms with Crippen molar-refractivity contribution in [3.05, 3.63) is 36.9 Å². The SMILES string of the molecule is CSc1cccc2sc(N3CC(Cn4ccnc4)C3)nc12. The lowest BCUT2D eigenvalue weighted by molar-refractivity contribution is 0.357. The van der Waals surface area contributed by atoms with Crippen molar-refractivity contribution in [3.8, 4) is 0 Å². The summed E-state index contributed by atoms with van der Waals surface area (Å²) < 4.78 is 3.45. The summed E-state index contributed by atoms with van der Waals surface area (Å²) in [6, 6.07) is 6.43. The fourth-order valence-electron chi connectivity index (χ4n) is 2.75. The Hall–Kier alpha value is -1.53. The van der Waals surface area contributed by atoms with Crippen LogP contribution in [-0.4, -0.2) is 33.9 Å². The first kappa shape index (κ1) is 13.2. The van der Waals surface area contributed by atoms with Crippen molar-refractivity contribution in [2.45, 2.75) is 11.4 Å². The molecule has 3 heterocycles. The highest BCUT2D eigenvalue weighted by atomic mass is 32.2. The van der Waals surface area contributed by atoms with Gasteiger partial charge in [-0.2, -0.15) is 0 Å². The Balaban J connectivity index is 1.48. The van der Waals surface area contributed by atoms with Crippen LogP contribution in [0, 0.1) is 5.92 Å². The Bertz CT molecular complexity index is 744. The summed E-state index contributed by atoms with van der Waals surface area (Å²) in [6.45, 7) is 3.23. The number of thioether (sulfide) groups is 1. The second-order valence-corrected chi connectivity index (χ2v) is 7.19. The number of fused-ring (bicyclic) bond motifs is 1. The van der Waals surface area contributed by atoms with Gasteiger partial charge in [0.1, 0.15) is 0 Å².